The predicted molar refractivity (Wildman–Crippen MR) is 82.7 cm³/mol. The van der Waals surface area contributed by atoms with Crippen molar-refractivity contribution in [1.29, 1.82) is 0 Å². The minimum Gasteiger partial charge on any atom is -0.456 e. The lowest BCUT2D eigenvalue weighted by atomic mass is 10.1. The molecule has 0 fully saturated rings. The molecule has 0 aliphatic rings. The first-order valence-electron chi connectivity index (χ1n) is 6.43. The second kappa shape index (κ2) is 5.14. The van der Waals surface area contributed by atoms with Gasteiger partial charge in [0.15, 0.2) is 0 Å². The molecule has 3 rings (SSSR count). The predicted octanol–water partition coefficient (Wildman–Crippen LogP) is 5.30. The summed E-state index contributed by atoms with van der Waals surface area (Å²) in [6.07, 6.45) is 1.74. The van der Waals surface area contributed by atoms with Crippen LogP contribution in [0, 0.1) is 13.8 Å². The zero-order valence-corrected chi connectivity index (χ0v) is 12.1. The van der Waals surface area contributed by atoms with Crippen molar-refractivity contribution >= 4 is 22.5 Å². The summed E-state index contributed by atoms with van der Waals surface area (Å²) >= 11 is 6.00. The average molecular weight is 284 g/mol. The Kier molecular flexibility index (Phi) is 3.33. The van der Waals surface area contributed by atoms with Gasteiger partial charge in [0.2, 0.25) is 0 Å². The fourth-order valence-electron chi connectivity index (χ4n) is 2.25. The molecule has 0 aliphatic carbocycles. The Balaban J connectivity index is 2.11. The van der Waals surface area contributed by atoms with E-state index < -0.39 is 0 Å². The minimum absolute atomic E-state index is 0.675. The maximum absolute atomic E-state index is 6.11. The zero-order chi connectivity index (χ0) is 14.1. The van der Waals surface area contributed by atoms with E-state index in [1.807, 2.05) is 56.3 Å². The van der Waals surface area contributed by atoms with E-state index in [1.54, 1.807) is 6.20 Å². The monoisotopic (exact) mass is 283 g/mol. The summed E-state index contributed by atoms with van der Waals surface area (Å²) in [4.78, 5) is 4.32. The molecule has 100 valence electrons. The molecule has 0 radical (unpaired) electrons. The van der Waals surface area contributed by atoms with Crippen LogP contribution in [0.15, 0.2) is 48.7 Å². The highest BCUT2D eigenvalue weighted by atomic mass is 35.5. The molecular formula is C17H14ClNO. The first kappa shape index (κ1) is 12.9. The van der Waals surface area contributed by atoms with Crippen molar-refractivity contribution < 1.29 is 4.74 Å². The van der Waals surface area contributed by atoms with Crippen molar-refractivity contribution in [2.75, 3.05) is 0 Å². The number of para-hydroxylation sites is 1. The maximum atomic E-state index is 6.11. The number of pyridine rings is 1. The van der Waals surface area contributed by atoms with E-state index in [0.717, 1.165) is 33.5 Å². The number of nitrogens with zero attached hydrogens (tertiary/aromatic N) is 1. The molecule has 0 aliphatic heterocycles. The highest BCUT2D eigenvalue weighted by molar-refractivity contribution is 6.31. The van der Waals surface area contributed by atoms with Crippen LogP contribution in [0.5, 0.6) is 11.5 Å². The smallest absolute Gasteiger partial charge is 0.138 e. The van der Waals surface area contributed by atoms with Crippen LogP contribution in [0.3, 0.4) is 0 Å². The molecular weight excluding hydrogens is 270 g/mol. The molecule has 3 aromatic rings. The number of aromatic nitrogens is 1. The Labute approximate surface area is 123 Å². The van der Waals surface area contributed by atoms with Gasteiger partial charge in [0.1, 0.15) is 11.5 Å². The number of halogens is 1. The van der Waals surface area contributed by atoms with Gasteiger partial charge in [-0.15, -0.1) is 0 Å². The largest absolute Gasteiger partial charge is 0.456 e. The highest BCUT2D eigenvalue weighted by Gasteiger charge is 2.08. The van der Waals surface area contributed by atoms with Gasteiger partial charge in [-0.2, -0.15) is 0 Å². The maximum Gasteiger partial charge on any atom is 0.138 e. The van der Waals surface area contributed by atoms with Gasteiger partial charge in [0, 0.05) is 16.6 Å². The topological polar surface area (TPSA) is 22.1 Å². The summed E-state index contributed by atoms with van der Waals surface area (Å²) in [5.74, 6) is 1.69. The fraction of sp³-hybridized carbons (Fsp3) is 0.118. The minimum atomic E-state index is 0.675. The lowest BCUT2D eigenvalue weighted by Crippen LogP contribution is -1.92. The van der Waals surface area contributed by atoms with E-state index in [-0.39, 0.29) is 0 Å². The van der Waals surface area contributed by atoms with E-state index in [2.05, 4.69) is 4.98 Å². The van der Waals surface area contributed by atoms with E-state index in [1.165, 1.54) is 0 Å². The summed E-state index contributed by atoms with van der Waals surface area (Å²) in [6.45, 7) is 4.09. The molecule has 0 spiro atoms. The number of hydrogen-bond acceptors (Lipinski definition) is 2. The van der Waals surface area contributed by atoms with Crippen LogP contribution in [0.4, 0.5) is 0 Å². The van der Waals surface area contributed by atoms with Gasteiger partial charge >= 0.3 is 0 Å². The molecule has 0 saturated heterocycles. The fourth-order valence-corrected chi connectivity index (χ4v) is 2.42. The first-order chi connectivity index (χ1) is 9.65. The lowest BCUT2D eigenvalue weighted by molar-refractivity contribution is 0.480. The van der Waals surface area contributed by atoms with Crippen LogP contribution in [-0.4, -0.2) is 4.98 Å². The Morgan fingerprint density at radius 3 is 2.50 bits per heavy atom. The molecule has 0 saturated carbocycles. The summed E-state index contributed by atoms with van der Waals surface area (Å²) in [5, 5.41) is 1.63. The molecule has 0 bridgehead atoms. The van der Waals surface area contributed by atoms with Gasteiger partial charge in [-0.05, 0) is 49.2 Å². The Morgan fingerprint density at radius 1 is 1.00 bits per heavy atom. The quantitative estimate of drug-likeness (QED) is 0.637. The number of hydrogen-bond donors (Lipinski definition) is 0. The molecule has 1 heterocycles. The van der Waals surface area contributed by atoms with E-state index >= 15 is 0 Å². The van der Waals surface area contributed by atoms with Crippen molar-refractivity contribution in [3.63, 3.8) is 0 Å². The van der Waals surface area contributed by atoms with Gasteiger partial charge in [-0.25, -0.2) is 0 Å². The number of ether oxygens (including phenoxy) is 1. The van der Waals surface area contributed by atoms with Gasteiger partial charge in [0.05, 0.1) is 5.52 Å². The Morgan fingerprint density at radius 2 is 1.75 bits per heavy atom. The normalized spacial score (nSPS) is 10.8. The number of benzene rings is 2. The summed E-state index contributed by atoms with van der Waals surface area (Å²) in [6, 6.07) is 13.6. The van der Waals surface area contributed by atoms with Gasteiger partial charge in [-0.1, -0.05) is 29.8 Å². The number of rotatable bonds is 2. The lowest BCUT2D eigenvalue weighted by Gasteiger charge is -2.13. The Bertz CT molecular complexity index is 763. The third-order valence-electron chi connectivity index (χ3n) is 3.29. The van der Waals surface area contributed by atoms with Gasteiger partial charge < -0.3 is 4.74 Å². The van der Waals surface area contributed by atoms with Crippen LogP contribution in [0.1, 0.15) is 11.1 Å². The summed E-state index contributed by atoms with van der Waals surface area (Å²) in [7, 11) is 0. The third-order valence-corrected chi connectivity index (χ3v) is 3.52. The van der Waals surface area contributed by atoms with Crippen molar-refractivity contribution in [1.82, 2.24) is 4.98 Å². The number of aryl methyl sites for hydroxylation is 2. The molecule has 2 nitrogen and oxygen atoms in total. The average Bonchev–Trinajstić information content (AvgIpc) is 2.42. The van der Waals surface area contributed by atoms with Crippen molar-refractivity contribution in [2.24, 2.45) is 0 Å². The van der Waals surface area contributed by atoms with Gasteiger partial charge in [0.25, 0.3) is 0 Å². The third kappa shape index (κ3) is 2.35. The summed E-state index contributed by atoms with van der Waals surface area (Å²) in [5.41, 5.74) is 3.06. The molecule has 0 atom stereocenters. The van der Waals surface area contributed by atoms with Crippen molar-refractivity contribution in [3.05, 3.63) is 64.8 Å². The highest BCUT2D eigenvalue weighted by Crippen LogP contribution is 2.33. The molecule has 0 amide bonds. The van der Waals surface area contributed by atoms with Crippen LogP contribution in [-0.2, 0) is 0 Å². The van der Waals surface area contributed by atoms with Crippen molar-refractivity contribution in [2.45, 2.75) is 13.8 Å². The SMILES string of the molecule is Cc1cccc(C)c1Oc1ccnc2cc(Cl)ccc12. The second-order valence-electron chi connectivity index (χ2n) is 4.79. The zero-order valence-electron chi connectivity index (χ0n) is 11.4. The molecule has 0 unspecified atom stereocenters. The van der Waals surface area contributed by atoms with Crippen LogP contribution in [0.25, 0.3) is 10.9 Å². The molecule has 1 aromatic heterocycles. The number of fused-ring (bicyclic) bond motifs is 1. The van der Waals surface area contributed by atoms with Gasteiger partial charge in [-0.3, -0.25) is 4.98 Å². The van der Waals surface area contributed by atoms with Crippen LogP contribution in [0.2, 0.25) is 5.02 Å². The van der Waals surface area contributed by atoms with Crippen molar-refractivity contribution in [3.8, 4) is 11.5 Å². The standard InChI is InChI=1S/C17H14ClNO/c1-11-4-3-5-12(2)17(11)20-16-8-9-19-15-10-13(18)6-7-14(15)16/h3-10H,1-2H3. The molecule has 0 N–H and O–H groups in total. The van der Waals surface area contributed by atoms with Crippen LogP contribution < -0.4 is 4.74 Å². The Hall–Kier alpha value is -2.06. The first-order valence-corrected chi connectivity index (χ1v) is 6.81. The van der Waals surface area contributed by atoms with E-state index in [9.17, 15) is 0 Å². The molecule has 3 heteroatoms. The second-order valence-corrected chi connectivity index (χ2v) is 5.23. The molecule has 20 heavy (non-hydrogen) atoms. The van der Waals surface area contributed by atoms with E-state index in [0.29, 0.717) is 5.02 Å². The molecule has 2 aromatic carbocycles. The van der Waals surface area contributed by atoms with Crippen LogP contribution >= 0.6 is 11.6 Å². The van der Waals surface area contributed by atoms with E-state index in [4.69, 9.17) is 16.3 Å². The summed E-state index contributed by atoms with van der Waals surface area (Å²) < 4.78 is 6.11.